The molecule has 0 spiro atoms. The summed E-state index contributed by atoms with van der Waals surface area (Å²) in [4.78, 5) is 10.0. The topological polar surface area (TPSA) is 38.9 Å². The van der Waals surface area contributed by atoms with Crippen molar-refractivity contribution >= 4 is 32.8 Å². The van der Waals surface area contributed by atoms with Gasteiger partial charge in [0.15, 0.2) is 11.4 Å². The molecule has 0 aliphatic heterocycles. The zero-order valence-electron chi connectivity index (χ0n) is 18.8. The summed E-state index contributed by atoms with van der Waals surface area (Å²) in [7, 11) is 0. The molecule has 3 nitrogen and oxygen atoms in total. The zero-order valence-corrected chi connectivity index (χ0v) is 18.8. The highest BCUT2D eigenvalue weighted by atomic mass is 16.3. The second kappa shape index (κ2) is 7.93. The molecule has 0 amide bonds. The number of rotatable bonds is 3. The van der Waals surface area contributed by atoms with Gasteiger partial charge in [-0.25, -0.2) is 9.97 Å². The lowest BCUT2D eigenvalue weighted by Gasteiger charge is -2.10. The number of fused-ring (bicyclic) bond motifs is 4. The maximum absolute atomic E-state index is 6.25. The summed E-state index contributed by atoms with van der Waals surface area (Å²) in [5.74, 6) is 0.685. The Morgan fingerprint density at radius 3 is 2.11 bits per heavy atom. The van der Waals surface area contributed by atoms with E-state index in [2.05, 4.69) is 84.9 Å². The first kappa shape index (κ1) is 19.7. The third kappa shape index (κ3) is 3.29. The van der Waals surface area contributed by atoms with Crippen LogP contribution in [0.1, 0.15) is 0 Å². The summed E-state index contributed by atoms with van der Waals surface area (Å²) in [6.07, 6.45) is 0. The monoisotopic (exact) mass is 448 g/mol. The summed E-state index contributed by atoms with van der Waals surface area (Å²) < 4.78 is 6.25. The van der Waals surface area contributed by atoms with Crippen molar-refractivity contribution in [1.82, 2.24) is 9.97 Å². The lowest BCUT2D eigenvalue weighted by molar-refractivity contribution is 0.667. The molecule has 0 aliphatic carbocycles. The molecule has 35 heavy (non-hydrogen) atoms. The van der Waals surface area contributed by atoms with Gasteiger partial charge < -0.3 is 4.42 Å². The molecule has 5 aromatic carbocycles. The summed E-state index contributed by atoms with van der Waals surface area (Å²) in [6, 6.07) is 41.6. The highest BCUT2D eigenvalue weighted by Gasteiger charge is 2.18. The molecule has 0 unspecified atom stereocenters. The van der Waals surface area contributed by atoms with Crippen molar-refractivity contribution < 1.29 is 4.42 Å². The fourth-order valence-corrected chi connectivity index (χ4v) is 4.81. The number of hydrogen-bond acceptors (Lipinski definition) is 3. The molecule has 0 radical (unpaired) electrons. The molecule has 3 heteroatoms. The zero-order chi connectivity index (χ0) is 23.2. The van der Waals surface area contributed by atoms with Crippen molar-refractivity contribution in [3.63, 3.8) is 0 Å². The molecule has 7 aromatic rings. The molecule has 0 bridgehead atoms. The summed E-state index contributed by atoms with van der Waals surface area (Å²) in [6.45, 7) is 0. The van der Waals surface area contributed by atoms with Crippen LogP contribution in [0.2, 0.25) is 0 Å². The third-order valence-corrected chi connectivity index (χ3v) is 6.49. The van der Waals surface area contributed by atoms with Gasteiger partial charge >= 0.3 is 0 Å². The minimum atomic E-state index is 0.685. The minimum absolute atomic E-state index is 0.685. The van der Waals surface area contributed by atoms with Gasteiger partial charge in [-0.15, -0.1) is 0 Å². The summed E-state index contributed by atoms with van der Waals surface area (Å²) in [5.41, 5.74) is 7.48. The van der Waals surface area contributed by atoms with Gasteiger partial charge in [0.2, 0.25) is 0 Å². The maximum Gasteiger partial charge on any atom is 0.180 e. The Morgan fingerprint density at radius 2 is 1.20 bits per heavy atom. The molecule has 0 saturated carbocycles. The van der Waals surface area contributed by atoms with Crippen molar-refractivity contribution in [3.05, 3.63) is 121 Å². The lowest BCUT2D eigenvalue weighted by atomic mass is 9.97. The average Bonchev–Trinajstić information content (AvgIpc) is 3.31. The fraction of sp³-hybridized carbons (Fsp3) is 0. The van der Waals surface area contributed by atoms with Crippen LogP contribution in [0, 0.1) is 0 Å². The van der Waals surface area contributed by atoms with Gasteiger partial charge in [0, 0.05) is 16.5 Å². The second-order valence-corrected chi connectivity index (χ2v) is 8.65. The fourth-order valence-electron chi connectivity index (χ4n) is 4.81. The maximum atomic E-state index is 6.25. The van der Waals surface area contributed by atoms with Crippen molar-refractivity contribution in [1.29, 1.82) is 0 Å². The van der Waals surface area contributed by atoms with Gasteiger partial charge in [-0.3, -0.25) is 0 Å². The number of hydrogen-bond donors (Lipinski definition) is 0. The van der Waals surface area contributed by atoms with Gasteiger partial charge in [-0.1, -0.05) is 103 Å². The van der Waals surface area contributed by atoms with Gasteiger partial charge in [-0.2, -0.15) is 0 Å². The van der Waals surface area contributed by atoms with Crippen LogP contribution < -0.4 is 0 Å². The van der Waals surface area contributed by atoms with Crippen LogP contribution in [0.25, 0.3) is 66.6 Å². The van der Waals surface area contributed by atoms with Crippen molar-refractivity contribution in [2.75, 3.05) is 0 Å². The van der Waals surface area contributed by atoms with Gasteiger partial charge in [0.25, 0.3) is 0 Å². The third-order valence-electron chi connectivity index (χ3n) is 6.49. The molecular weight excluding hydrogens is 428 g/mol. The van der Waals surface area contributed by atoms with E-state index < -0.39 is 0 Å². The standard InChI is InChI=1S/C32H20N2O/c1-2-11-22(12-3-1)29-31-30(27-17-6-7-19-28(27)35-31)34-32(33-29)24-15-8-14-23(20-24)26-18-9-13-21-10-4-5-16-25(21)26/h1-20H. The van der Waals surface area contributed by atoms with Crippen LogP contribution in [0.5, 0.6) is 0 Å². The quantitative estimate of drug-likeness (QED) is 0.272. The van der Waals surface area contributed by atoms with E-state index in [1.54, 1.807) is 0 Å². The van der Waals surface area contributed by atoms with E-state index in [9.17, 15) is 0 Å². The largest absolute Gasteiger partial charge is 0.452 e. The molecule has 0 N–H and O–H groups in total. The van der Waals surface area contributed by atoms with Gasteiger partial charge in [0.1, 0.15) is 16.8 Å². The Hall–Kier alpha value is -4.76. The highest BCUT2D eigenvalue weighted by molar-refractivity contribution is 6.07. The van der Waals surface area contributed by atoms with Crippen LogP contribution in [0.3, 0.4) is 0 Å². The Bertz CT molecular complexity index is 1850. The first-order valence-electron chi connectivity index (χ1n) is 11.7. The van der Waals surface area contributed by atoms with E-state index in [0.717, 1.165) is 38.9 Å². The van der Waals surface area contributed by atoms with Crippen LogP contribution in [0.4, 0.5) is 0 Å². The van der Waals surface area contributed by atoms with Crippen LogP contribution in [0.15, 0.2) is 126 Å². The van der Waals surface area contributed by atoms with Crippen molar-refractivity contribution in [2.24, 2.45) is 0 Å². The Labute approximate surface area is 202 Å². The van der Waals surface area contributed by atoms with E-state index >= 15 is 0 Å². The van der Waals surface area contributed by atoms with Crippen LogP contribution >= 0.6 is 0 Å². The molecule has 0 atom stereocenters. The number of nitrogens with zero attached hydrogens (tertiary/aromatic N) is 2. The smallest absolute Gasteiger partial charge is 0.180 e. The molecule has 7 rings (SSSR count). The predicted octanol–water partition coefficient (Wildman–Crippen LogP) is 8.53. The van der Waals surface area contributed by atoms with E-state index in [4.69, 9.17) is 14.4 Å². The van der Waals surface area contributed by atoms with E-state index in [-0.39, 0.29) is 0 Å². The first-order valence-corrected chi connectivity index (χ1v) is 11.7. The summed E-state index contributed by atoms with van der Waals surface area (Å²) >= 11 is 0. The Balaban J connectivity index is 1.47. The minimum Gasteiger partial charge on any atom is -0.452 e. The van der Waals surface area contributed by atoms with Crippen molar-refractivity contribution in [3.8, 4) is 33.8 Å². The Morgan fingerprint density at radius 1 is 0.514 bits per heavy atom. The normalized spacial score (nSPS) is 11.4. The van der Waals surface area contributed by atoms with E-state index in [0.29, 0.717) is 11.4 Å². The highest BCUT2D eigenvalue weighted by Crippen LogP contribution is 2.36. The number of furan rings is 1. The van der Waals surface area contributed by atoms with Crippen LogP contribution in [-0.4, -0.2) is 9.97 Å². The molecular formula is C32H20N2O. The average molecular weight is 449 g/mol. The van der Waals surface area contributed by atoms with E-state index in [1.165, 1.54) is 16.3 Å². The van der Waals surface area contributed by atoms with Crippen molar-refractivity contribution in [2.45, 2.75) is 0 Å². The predicted molar refractivity (Wildman–Crippen MR) is 143 cm³/mol. The molecule has 0 fully saturated rings. The van der Waals surface area contributed by atoms with Gasteiger partial charge in [0.05, 0.1) is 0 Å². The van der Waals surface area contributed by atoms with Crippen LogP contribution in [-0.2, 0) is 0 Å². The number of aromatic nitrogens is 2. The van der Waals surface area contributed by atoms with Gasteiger partial charge in [-0.05, 0) is 40.1 Å². The molecule has 2 heterocycles. The molecule has 0 saturated heterocycles. The number of para-hydroxylation sites is 1. The lowest BCUT2D eigenvalue weighted by Crippen LogP contribution is -1.94. The Kier molecular flexibility index (Phi) is 4.46. The molecule has 0 aliphatic rings. The SMILES string of the molecule is c1ccc(-c2nc(-c3cccc(-c4cccc5ccccc45)c3)nc3c2oc2ccccc23)cc1. The first-order chi connectivity index (χ1) is 17.3. The number of benzene rings is 5. The molecule has 164 valence electrons. The molecule has 2 aromatic heterocycles. The second-order valence-electron chi connectivity index (χ2n) is 8.65. The van der Waals surface area contributed by atoms with E-state index in [1.807, 2.05) is 36.4 Å². The summed E-state index contributed by atoms with van der Waals surface area (Å²) in [5, 5.41) is 3.45.